The maximum absolute atomic E-state index is 10.9. The van der Waals surface area contributed by atoms with Gasteiger partial charge in [-0.1, -0.05) is 42.5 Å². The first kappa shape index (κ1) is 12.6. The first-order valence-electron chi connectivity index (χ1n) is 6.92. The third-order valence-corrected chi connectivity index (χ3v) is 4.82. The number of fused-ring (bicyclic) bond motifs is 2. The van der Waals surface area contributed by atoms with Crippen molar-refractivity contribution in [3.05, 3.63) is 82.0 Å². The topological polar surface area (TPSA) is 29.5 Å². The summed E-state index contributed by atoms with van der Waals surface area (Å²) < 4.78 is 5.97. The summed E-state index contributed by atoms with van der Waals surface area (Å²) in [5, 5.41) is 12.9. The zero-order valence-electron chi connectivity index (χ0n) is 11.3. The number of hydrogen-bond donors (Lipinski definition) is 1. The van der Waals surface area contributed by atoms with E-state index in [-0.39, 0.29) is 5.92 Å². The van der Waals surface area contributed by atoms with E-state index in [0.29, 0.717) is 0 Å². The largest absolute Gasteiger partial charge is 0.457 e. The number of para-hydroxylation sites is 2. The third-order valence-electron chi connectivity index (χ3n) is 3.88. The minimum atomic E-state index is -0.559. The Kier molecular flexibility index (Phi) is 3.02. The van der Waals surface area contributed by atoms with Gasteiger partial charge in [0.1, 0.15) is 11.5 Å². The van der Waals surface area contributed by atoms with E-state index in [0.717, 1.165) is 27.5 Å². The van der Waals surface area contributed by atoms with E-state index in [1.165, 1.54) is 0 Å². The fourth-order valence-corrected chi connectivity index (χ4v) is 3.66. The number of aliphatic hydroxyl groups is 1. The van der Waals surface area contributed by atoms with Gasteiger partial charge in [0.25, 0.3) is 0 Å². The summed E-state index contributed by atoms with van der Waals surface area (Å²) in [7, 11) is 0. The summed E-state index contributed by atoms with van der Waals surface area (Å²) in [6.07, 6.45) is -0.559. The predicted molar refractivity (Wildman–Crippen MR) is 84.1 cm³/mol. The molecule has 4 rings (SSSR count). The van der Waals surface area contributed by atoms with E-state index in [9.17, 15) is 5.11 Å². The Bertz CT molecular complexity index is 719. The van der Waals surface area contributed by atoms with Crippen LogP contribution in [0.5, 0.6) is 11.5 Å². The summed E-state index contributed by atoms with van der Waals surface area (Å²) in [6.45, 7) is 0. The second-order valence-electron chi connectivity index (χ2n) is 5.12. The van der Waals surface area contributed by atoms with Gasteiger partial charge < -0.3 is 9.84 Å². The molecule has 1 aliphatic heterocycles. The molecule has 1 unspecified atom stereocenters. The summed E-state index contributed by atoms with van der Waals surface area (Å²) in [5.74, 6) is 1.57. The fraction of sp³-hybridized carbons (Fsp3) is 0.111. The van der Waals surface area contributed by atoms with Gasteiger partial charge >= 0.3 is 0 Å². The zero-order valence-corrected chi connectivity index (χ0v) is 12.1. The van der Waals surface area contributed by atoms with Crippen LogP contribution in [0.2, 0.25) is 0 Å². The molecule has 0 saturated carbocycles. The highest BCUT2D eigenvalue weighted by molar-refractivity contribution is 7.10. The molecule has 0 spiro atoms. The predicted octanol–water partition coefficient (Wildman–Crippen LogP) is 4.72. The molecule has 0 fully saturated rings. The van der Waals surface area contributed by atoms with Crippen molar-refractivity contribution in [2.75, 3.05) is 0 Å². The van der Waals surface area contributed by atoms with Crippen LogP contribution in [0, 0.1) is 0 Å². The normalized spacial score (nSPS) is 14.9. The lowest BCUT2D eigenvalue weighted by atomic mass is 9.83. The SMILES string of the molecule is OC(c1cccs1)C1c2ccccc2Oc2ccccc21. The van der Waals surface area contributed by atoms with Crippen LogP contribution in [0.3, 0.4) is 0 Å². The monoisotopic (exact) mass is 294 g/mol. The Morgan fingerprint density at radius 1 is 0.857 bits per heavy atom. The average Bonchev–Trinajstić information content (AvgIpc) is 3.06. The molecule has 0 saturated heterocycles. The smallest absolute Gasteiger partial charge is 0.131 e. The van der Waals surface area contributed by atoms with Crippen LogP contribution in [0.1, 0.15) is 28.0 Å². The number of aliphatic hydroxyl groups excluding tert-OH is 1. The number of thiophene rings is 1. The minimum Gasteiger partial charge on any atom is -0.457 e. The van der Waals surface area contributed by atoms with Gasteiger partial charge in [-0.3, -0.25) is 0 Å². The maximum atomic E-state index is 10.9. The first-order valence-corrected chi connectivity index (χ1v) is 7.80. The molecule has 2 nitrogen and oxygen atoms in total. The Morgan fingerprint density at radius 2 is 1.48 bits per heavy atom. The molecule has 2 heterocycles. The van der Waals surface area contributed by atoms with Crippen molar-refractivity contribution in [2.45, 2.75) is 12.0 Å². The average molecular weight is 294 g/mol. The zero-order chi connectivity index (χ0) is 14.2. The van der Waals surface area contributed by atoms with Gasteiger partial charge in [0, 0.05) is 21.9 Å². The van der Waals surface area contributed by atoms with Crippen LogP contribution >= 0.6 is 11.3 Å². The van der Waals surface area contributed by atoms with E-state index in [2.05, 4.69) is 0 Å². The van der Waals surface area contributed by atoms with Gasteiger partial charge in [-0.2, -0.15) is 0 Å². The van der Waals surface area contributed by atoms with Crippen molar-refractivity contribution in [3.8, 4) is 11.5 Å². The highest BCUT2D eigenvalue weighted by Crippen LogP contribution is 2.49. The van der Waals surface area contributed by atoms with Crippen molar-refractivity contribution >= 4 is 11.3 Å². The van der Waals surface area contributed by atoms with Gasteiger partial charge in [0.05, 0.1) is 6.10 Å². The van der Waals surface area contributed by atoms with Crippen molar-refractivity contribution in [1.82, 2.24) is 0 Å². The molecule has 0 bridgehead atoms. The van der Waals surface area contributed by atoms with Crippen molar-refractivity contribution < 1.29 is 9.84 Å². The van der Waals surface area contributed by atoms with Crippen molar-refractivity contribution in [1.29, 1.82) is 0 Å². The molecule has 21 heavy (non-hydrogen) atoms. The molecule has 0 amide bonds. The Hall–Kier alpha value is -2.10. The second-order valence-corrected chi connectivity index (χ2v) is 6.09. The number of hydrogen-bond acceptors (Lipinski definition) is 3. The van der Waals surface area contributed by atoms with E-state index < -0.39 is 6.10 Å². The van der Waals surface area contributed by atoms with Crippen molar-refractivity contribution in [2.24, 2.45) is 0 Å². The van der Waals surface area contributed by atoms with Gasteiger partial charge in [0.15, 0.2) is 0 Å². The van der Waals surface area contributed by atoms with Gasteiger partial charge in [-0.15, -0.1) is 11.3 Å². The molecule has 104 valence electrons. The highest BCUT2D eigenvalue weighted by atomic mass is 32.1. The maximum Gasteiger partial charge on any atom is 0.131 e. The van der Waals surface area contributed by atoms with Crippen LogP contribution < -0.4 is 4.74 Å². The van der Waals surface area contributed by atoms with Crippen LogP contribution in [-0.2, 0) is 0 Å². The van der Waals surface area contributed by atoms with Crippen LogP contribution in [0.15, 0.2) is 66.0 Å². The fourth-order valence-electron chi connectivity index (χ4n) is 2.91. The molecule has 1 N–H and O–H groups in total. The molecule has 0 aliphatic carbocycles. The summed E-state index contributed by atoms with van der Waals surface area (Å²) in [6, 6.07) is 19.8. The third kappa shape index (κ3) is 2.06. The molecule has 3 aromatic rings. The molecule has 1 aliphatic rings. The number of ether oxygens (including phenoxy) is 1. The van der Waals surface area contributed by atoms with E-state index in [4.69, 9.17) is 4.74 Å². The molecule has 0 radical (unpaired) electrons. The molecule has 3 heteroatoms. The van der Waals surface area contributed by atoms with E-state index in [1.807, 2.05) is 66.0 Å². The molecule has 1 atom stereocenters. The lowest BCUT2D eigenvalue weighted by Crippen LogP contribution is -2.16. The lowest BCUT2D eigenvalue weighted by Gasteiger charge is -2.31. The first-order chi connectivity index (χ1) is 10.3. The van der Waals surface area contributed by atoms with Gasteiger partial charge in [-0.25, -0.2) is 0 Å². The number of rotatable bonds is 2. The summed E-state index contributed by atoms with van der Waals surface area (Å²) >= 11 is 1.58. The molecular weight excluding hydrogens is 280 g/mol. The molecule has 2 aromatic carbocycles. The lowest BCUT2D eigenvalue weighted by molar-refractivity contribution is 0.158. The van der Waals surface area contributed by atoms with E-state index in [1.54, 1.807) is 11.3 Å². The Labute approximate surface area is 127 Å². The number of benzene rings is 2. The van der Waals surface area contributed by atoms with Crippen LogP contribution in [0.4, 0.5) is 0 Å². The minimum absolute atomic E-state index is 0.0928. The highest BCUT2D eigenvalue weighted by Gasteiger charge is 2.33. The Balaban J connectivity index is 1.89. The summed E-state index contributed by atoms with van der Waals surface area (Å²) in [5.41, 5.74) is 2.08. The molecule has 1 aromatic heterocycles. The Morgan fingerprint density at radius 3 is 2.05 bits per heavy atom. The standard InChI is InChI=1S/C18H14O2S/c19-18(16-10-5-11-21-16)17-12-6-1-3-8-14(12)20-15-9-4-2-7-13(15)17/h1-11,17-19H. The van der Waals surface area contributed by atoms with Gasteiger partial charge in [0.2, 0.25) is 0 Å². The van der Waals surface area contributed by atoms with Crippen LogP contribution in [0.25, 0.3) is 0 Å². The van der Waals surface area contributed by atoms with Gasteiger partial charge in [-0.05, 0) is 23.6 Å². The van der Waals surface area contributed by atoms with Crippen molar-refractivity contribution in [3.63, 3.8) is 0 Å². The summed E-state index contributed by atoms with van der Waals surface area (Å²) in [4.78, 5) is 0.978. The quantitative estimate of drug-likeness (QED) is 0.741. The second kappa shape index (κ2) is 5.02. The van der Waals surface area contributed by atoms with E-state index >= 15 is 0 Å². The molecular formula is C18H14O2S. The van der Waals surface area contributed by atoms with Crippen LogP contribution in [-0.4, -0.2) is 5.11 Å².